The summed E-state index contributed by atoms with van der Waals surface area (Å²) in [5.41, 5.74) is 3.07. The van der Waals surface area contributed by atoms with Gasteiger partial charge in [-0.1, -0.05) is 34.1 Å². The van der Waals surface area contributed by atoms with Crippen molar-refractivity contribution >= 4 is 31.6 Å². The van der Waals surface area contributed by atoms with Crippen LogP contribution in [-0.4, -0.2) is 15.5 Å². The Morgan fingerprint density at radius 3 is 2.57 bits per heavy atom. The molecule has 0 aliphatic heterocycles. The average Bonchev–Trinajstić information content (AvgIpc) is 2.49. The van der Waals surface area contributed by atoms with Gasteiger partial charge in [0.05, 0.1) is 4.90 Å². The summed E-state index contributed by atoms with van der Waals surface area (Å²) in [7, 11) is -2.01. The molecular weight excluding hydrogens is 352 g/mol. The highest BCUT2D eigenvalue weighted by Gasteiger charge is 2.11. The highest BCUT2D eigenvalue weighted by molar-refractivity contribution is 9.10. The summed E-state index contributed by atoms with van der Waals surface area (Å²) in [6.07, 6.45) is 0. The second kappa shape index (κ2) is 6.60. The molecule has 0 fully saturated rings. The zero-order valence-corrected chi connectivity index (χ0v) is 14.3. The maximum absolute atomic E-state index is 11.8. The first-order valence-corrected chi connectivity index (χ1v) is 8.72. The predicted molar refractivity (Wildman–Crippen MR) is 88.9 cm³/mol. The molecule has 0 spiro atoms. The van der Waals surface area contributed by atoms with Crippen molar-refractivity contribution in [2.75, 3.05) is 12.4 Å². The highest BCUT2D eigenvalue weighted by Crippen LogP contribution is 2.19. The number of sulfonamides is 1. The van der Waals surface area contributed by atoms with E-state index in [4.69, 9.17) is 0 Å². The standard InChI is InChI=1S/C15H17BrN2O2S/c1-11-8-12(6-7-15(11)16)10-18-13-4-3-5-14(9-13)21(19,20)17-2/h3-9,17-18H,10H2,1-2H3. The molecule has 2 rings (SSSR count). The maximum atomic E-state index is 11.8. The Morgan fingerprint density at radius 2 is 1.90 bits per heavy atom. The third-order valence-electron chi connectivity index (χ3n) is 3.13. The molecule has 0 radical (unpaired) electrons. The Morgan fingerprint density at radius 1 is 1.14 bits per heavy atom. The van der Waals surface area contributed by atoms with Gasteiger partial charge in [0.15, 0.2) is 0 Å². The summed E-state index contributed by atoms with van der Waals surface area (Å²) in [5.74, 6) is 0. The van der Waals surface area contributed by atoms with Crippen molar-refractivity contribution in [2.45, 2.75) is 18.4 Å². The van der Waals surface area contributed by atoms with E-state index < -0.39 is 10.0 Å². The summed E-state index contributed by atoms with van der Waals surface area (Å²) in [6, 6.07) is 12.9. The molecule has 112 valence electrons. The fourth-order valence-electron chi connectivity index (χ4n) is 1.91. The van der Waals surface area contributed by atoms with Gasteiger partial charge in [-0.3, -0.25) is 0 Å². The van der Waals surface area contributed by atoms with Crippen LogP contribution >= 0.6 is 15.9 Å². The highest BCUT2D eigenvalue weighted by atomic mass is 79.9. The molecule has 4 nitrogen and oxygen atoms in total. The lowest BCUT2D eigenvalue weighted by atomic mass is 10.1. The first-order chi connectivity index (χ1) is 9.92. The SMILES string of the molecule is CNS(=O)(=O)c1cccc(NCc2ccc(Br)c(C)c2)c1. The van der Waals surface area contributed by atoms with E-state index in [1.807, 2.05) is 25.1 Å². The van der Waals surface area contributed by atoms with Gasteiger partial charge < -0.3 is 5.32 Å². The molecule has 2 aromatic rings. The normalized spacial score (nSPS) is 11.4. The van der Waals surface area contributed by atoms with Crippen LogP contribution in [0.4, 0.5) is 5.69 Å². The van der Waals surface area contributed by atoms with Crippen LogP contribution in [0.25, 0.3) is 0 Å². The van der Waals surface area contributed by atoms with Crippen molar-refractivity contribution in [1.82, 2.24) is 4.72 Å². The van der Waals surface area contributed by atoms with Gasteiger partial charge in [-0.2, -0.15) is 0 Å². The predicted octanol–water partition coefficient (Wildman–Crippen LogP) is 3.28. The van der Waals surface area contributed by atoms with E-state index >= 15 is 0 Å². The van der Waals surface area contributed by atoms with Crippen LogP contribution in [0.1, 0.15) is 11.1 Å². The number of rotatable bonds is 5. The lowest BCUT2D eigenvalue weighted by molar-refractivity contribution is 0.588. The van der Waals surface area contributed by atoms with Crippen molar-refractivity contribution in [2.24, 2.45) is 0 Å². The molecule has 2 aromatic carbocycles. The smallest absolute Gasteiger partial charge is 0.240 e. The van der Waals surface area contributed by atoms with Crippen molar-refractivity contribution < 1.29 is 8.42 Å². The fourth-order valence-corrected chi connectivity index (χ4v) is 2.93. The zero-order valence-electron chi connectivity index (χ0n) is 11.9. The van der Waals surface area contributed by atoms with Gasteiger partial charge >= 0.3 is 0 Å². The Balaban J connectivity index is 2.13. The molecule has 0 amide bonds. The van der Waals surface area contributed by atoms with E-state index in [1.54, 1.807) is 18.2 Å². The second-order valence-corrected chi connectivity index (χ2v) is 7.41. The molecule has 0 saturated heterocycles. The molecule has 0 bridgehead atoms. The van der Waals surface area contributed by atoms with Gasteiger partial charge in [-0.15, -0.1) is 0 Å². The van der Waals surface area contributed by atoms with Crippen molar-refractivity contribution in [1.29, 1.82) is 0 Å². The number of benzene rings is 2. The summed E-state index contributed by atoms with van der Waals surface area (Å²) in [6.45, 7) is 2.67. The third kappa shape index (κ3) is 4.06. The summed E-state index contributed by atoms with van der Waals surface area (Å²) < 4.78 is 26.9. The number of anilines is 1. The van der Waals surface area contributed by atoms with Crippen molar-refractivity contribution in [3.8, 4) is 0 Å². The second-order valence-electron chi connectivity index (χ2n) is 4.67. The van der Waals surface area contributed by atoms with Gasteiger partial charge in [0.25, 0.3) is 0 Å². The average molecular weight is 369 g/mol. The van der Waals surface area contributed by atoms with Crippen molar-refractivity contribution in [3.63, 3.8) is 0 Å². The molecule has 0 unspecified atom stereocenters. The summed E-state index contributed by atoms with van der Waals surface area (Å²) >= 11 is 3.47. The number of halogens is 1. The fraction of sp³-hybridized carbons (Fsp3) is 0.200. The maximum Gasteiger partial charge on any atom is 0.240 e. The van der Waals surface area contributed by atoms with Crippen LogP contribution in [0.15, 0.2) is 51.8 Å². The Labute approximate surface area is 133 Å². The van der Waals surface area contributed by atoms with E-state index in [-0.39, 0.29) is 4.90 Å². The Bertz CT molecular complexity index is 745. The molecule has 0 atom stereocenters. The zero-order chi connectivity index (χ0) is 15.5. The number of hydrogen-bond acceptors (Lipinski definition) is 3. The summed E-state index contributed by atoms with van der Waals surface area (Å²) in [4.78, 5) is 0.252. The summed E-state index contributed by atoms with van der Waals surface area (Å²) in [5, 5.41) is 3.24. The molecule has 0 aromatic heterocycles. The Hall–Kier alpha value is -1.37. The molecule has 0 saturated carbocycles. The van der Waals surface area contributed by atoms with E-state index in [0.717, 1.165) is 15.7 Å². The van der Waals surface area contributed by atoms with Gasteiger partial charge in [-0.25, -0.2) is 13.1 Å². The van der Waals surface area contributed by atoms with Gasteiger partial charge in [-0.05, 0) is 49.4 Å². The van der Waals surface area contributed by atoms with E-state index in [9.17, 15) is 8.42 Å². The van der Waals surface area contributed by atoms with E-state index in [0.29, 0.717) is 6.54 Å². The molecular formula is C15H17BrN2O2S. The topological polar surface area (TPSA) is 58.2 Å². The van der Waals surface area contributed by atoms with Crippen LogP contribution in [0, 0.1) is 6.92 Å². The molecule has 0 aliphatic rings. The number of nitrogens with one attached hydrogen (secondary N) is 2. The van der Waals surface area contributed by atoms with Crippen LogP contribution in [0.5, 0.6) is 0 Å². The van der Waals surface area contributed by atoms with Crippen LogP contribution < -0.4 is 10.0 Å². The third-order valence-corrected chi connectivity index (χ3v) is 5.43. The molecule has 2 N–H and O–H groups in total. The number of hydrogen-bond donors (Lipinski definition) is 2. The lowest BCUT2D eigenvalue weighted by Crippen LogP contribution is -2.18. The van der Waals surface area contributed by atoms with Crippen molar-refractivity contribution in [3.05, 3.63) is 58.1 Å². The van der Waals surface area contributed by atoms with Crippen LogP contribution in [0.2, 0.25) is 0 Å². The minimum absolute atomic E-state index is 0.252. The van der Waals surface area contributed by atoms with Gasteiger partial charge in [0.1, 0.15) is 0 Å². The monoisotopic (exact) mass is 368 g/mol. The Kier molecular flexibility index (Phi) is 5.03. The molecule has 0 aliphatic carbocycles. The first-order valence-electron chi connectivity index (χ1n) is 6.45. The van der Waals surface area contributed by atoms with Gasteiger partial charge in [0.2, 0.25) is 10.0 Å². The quantitative estimate of drug-likeness (QED) is 0.851. The van der Waals surface area contributed by atoms with Gasteiger partial charge in [0, 0.05) is 16.7 Å². The minimum atomic E-state index is -3.41. The number of aryl methyl sites for hydroxylation is 1. The minimum Gasteiger partial charge on any atom is -0.381 e. The molecule has 21 heavy (non-hydrogen) atoms. The first kappa shape index (κ1) is 16.0. The van der Waals surface area contributed by atoms with Crippen LogP contribution in [-0.2, 0) is 16.6 Å². The molecule has 6 heteroatoms. The lowest BCUT2D eigenvalue weighted by Gasteiger charge is -2.10. The van der Waals surface area contributed by atoms with E-state index in [2.05, 4.69) is 32.0 Å². The molecule has 0 heterocycles. The van der Waals surface area contributed by atoms with E-state index in [1.165, 1.54) is 12.6 Å². The largest absolute Gasteiger partial charge is 0.381 e. The van der Waals surface area contributed by atoms with Crippen LogP contribution in [0.3, 0.4) is 0 Å².